The topological polar surface area (TPSA) is 35.0 Å². The number of thioether (sulfide) groups is 1. The van der Waals surface area contributed by atoms with Crippen LogP contribution in [0.15, 0.2) is 5.03 Å². The molecule has 22 heavy (non-hydrogen) atoms. The molecule has 0 unspecified atom stereocenters. The SMILES string of the molecule is Cc1nc(SCCCOCC(F)(F)F)c2c(C)c(C)sc2n1. The third-order valence-electron chi connectivity index (χ3n) is 3.04. The van der Waals surface area contributed by atoms with Gasteiger partial charge in [0.2, 0.25) is 0 Å². The highest BCUT2D eigenvalue weighted by Gasteiger charge is 2.27. The van der Waals surface area contributed by atoms with Crippen molar-refractivity contribution in [2.45, 2.75) is 38.4 Å². The lowest BCUT2D eigenvalue weighted by Gasteiger charge is -2.08. The summed E-state index contributed by atoms with van der Waals surface area (Å²) < 4.78 is 40.5. The molecule has 0 radical (unpaired) electrons. The van der Waals surface area contributed by atoms with Crippen molar-refractivity contribution in [3.63, 3.8) is 0 Å². The smallest absolute Gasteiger partial charge is 0.372 e. The van der Waals surface area contributed by atoms with Crippen LogP contribution in [0.3, 0.4) is 0 Å². The van der Waals surface area contributed by atoms with Crippen LogP contribution in [0, 0.1) is 20.8 Å². The molecular formula is C14H17F3N2OS2. The minimum absolute atomic E-state index is 0.0986. The zero-order valence-electron chi connectivity index (χ0n) is 12.6. The third kappa shape index (κ3) is 4.57. The molecule has 0 aromatic carbocycles. The van der Waals surface area contributed by atoms with E-state index in [1.54, 1.807) is 23.1 Å². The van der Waals surface area contributed by atoms with Crippen LogP contribution < -0.4 is 0 Å². The van der Waals surface area contributed by atoms with Crippen LogP contribution in [0.4, 0.5) is 13.2 Å². The van der Waals surface area contributed by atoms with Gasteiger partial charge in [-0.2, -0.15) is 13.2 Å². The number of alkyl halides is 3. The molecule has 0 aliphatic heterocycles. The van der Waals surface area contributed by atoms with Gasteiger partial charge in [-0.1, -0.05) is 0 Å². The lowest BCUT2D eigenvalue weighted by molar-refractivity contribution is -0.173. The zero-order chi connectivity index (χ0) is 16.3. The minimum atomic E-state index is -4.26. The van der Waals surface area contributed by atoms with E-state index in [9.17, 15) is 13.2 Å². The Hall–Kier alpha value is -0.860. The van der Waals surface area contributed by atoms with Crippen LogP contribution in [-0.2, 0) is 4.74 Å². The van der Waals surface area contributed by atoms with Gasteiger partial charge in [0.05, 0.1) is 0 Å². The molecule has 0 saturated heterocycles. The lowest BCUT2D eigenvalue weighted by Crippen LogP contribution is -2.17. The normalized spacial score (nSPS) is 12.3. The third-order valence-corrected chi connectivity index (χ3v) is 5.21. The molecule has 0 spiro atoms. The van der Waals surface area contributed by atoms with Crippen molar-refractivity contribution in [1.82, 2.24) is 9.97 Å². The predicted octanol–water partition coefficient (Wildman–Crippen LogP) is 4.68. The Labute approximate surface area is 135 Å². The van der Waals surface area contributed by atoms with Crippen molar-refractivity contribution >= 4 is 33.3 Å². The Morgan fingerprint density at radius 1 is 1.18 bits per heavy atom. The summed E-state index contributed by atoms with van der Waals surface area (Å²) >= 11 is 3.19. The summed E-state index contributed by atoms with van der Waals surface area (Å²) in [7, 11) is 0. The highest BCUT2D eigenvalue weighted by molar-refractivity contribution is 7.99. The van der Waals surface area contributed by atoms with Crippen molar-refractivity contribution in [3.8, 4) is 0 Å². The number of nitrogens with zero attached hydrogens (tertiary/aromatic N) is 2. The average Bonchev–Trinajstić information content (AvgIpc) is 2.67. The minimum Gasteiger partial charge on any atom is -0.372 e. The number of fused-ring (bicyclic) bond motifs is 1. The molecule has 2 aromatic rings. The van der Waals surface area contributed by atoms with Crippen LogP contribution in [0.1, 0.15) is 22.7 Å². The molecule has 2 aromatic heterocycles. The van der Waals surface area contributed by atoms with Crippen molar-refractivity contribution in [3.05, 3.63) is 16.3 Å². The first-order chi connectivity index (χ1) is 10.3. The van der Waals surface area contributed by atoms with Crippen molar-refractivity contribution < 1.29 is 17.9 Å². The Bertz CT molecular complexity index is 656. The van der Waals surface area contributed by atoms with E-state index >= 15 is 0 Å². The van der Waals surface area contributed by atoms with E-state index in [1.165, 1.54) is 10.4 Å². The van der Waals surface area contributed by atoms with E-state index in [0.717, 1.165) is 15.2 Å². The molecule has 0 amide bonds. The van der Waals surface area contributed by atoms with E-state index in [1.807, 2.05) is 13.8 Å². The Kier molecular flexibility index (Phi) is 5.68. The molecule has 8 heteroatoms. The quantitative estimate of drug-likeness (QED) is 0.430. The monoisotopic (exact) mass is 350 g/mol. The van der Waals surface area contributed by atoms with Gasteiger partial charge in [0, 0.05) is 22.6 Å². The number of rotatable bonds is 6. The number of ether oxygens (including phenoxy) is 1. The van der Waals surface area contributed by atoms with Gasteiger partial charge in [0.25, 0.3) is 0 Å². The van der Waals surface area contributed by atoms with Crippen molar-refractivity contribution in [2.75, 3.05) is 19.0 Å². The number of hydrogen-bond donors (Lipinski definition) is 0. The number of aryl methyl sites for hydroxylation is 3. The summed E-state index contributed by atoms with van der Waals surface area (Å²) in [6.07, 6.45) is -3.71. The molecule has 0 N–H and O–H groups in total. The van der Waals surface area contributed by atoms with Gasteiger partial charge in [-0.3, -0.25) is 0 Å². The molecule has 3 nitrogen and oxygen atoms in total. The highest BCUT2D eigenvalue weighted by Crippen LogP contribution is 2.35. The molecule has 122 valence electrons. The van der Waals surface area contributed by atoms with Crippen LogP contribution in [0.25, 0.3) is 10.2 Å². The first-order valence-electron chi connectivity index (χ1n) is 6.79. The molecule has 0 atom stereocenters. The van der Waals surface area contributed by atoms with Gasteiger partial charge < -0.3 is 4.74 Å². The molecule has 0 fully saturated rings. The molecule has 0 aliphatic rings. The van der Waals surface area contributed by atoms with E-state index < -0.39 is 12.8 Å². The summed E-state index contributed by atoms with van der Waals surface area (Å²) in [6.45, 7) is 4.86. The first-order valence-corrected chi connectivity index (χ1v) is 8.60. The fourth-order valence-corrected chi connectivity index (χ4v) is 4.12. The molecule has 2 rings (SSSR count). The van der Waals surface area contributed by atoms with Gasteiger partial charge in [-0.15, -0.1) is 23.1 Å². The van der Waals surface area contributed by atoms with E-state index in [2.05, 4.69) is 21.6 Å². The number of aromatic nitrogens is 2. The van der Waals surface area contributed by atoms with Crippen LogP contribution in [-0.4, -0.2) is 35.1 Å². The average molecular weight is 350 g/mol. The van der Waals surface area contributed by atoms with Gasteiger partial charge in [0.1, 0.15) is 22.3 Å². The van der Waals surface area contributed by atoms with Crippen molar-refractivity contribution in [2.24, 2.45) is 0 Å². The van der Waals surface area contributed by atoms with Crippen LogP contribution in [0.5, 0.6) is 0 Å². The number of hydrogen-bond acceptors (Lipinski definition) is 5. The second-order valence-corrected chi connectivity index (χ2v) is 7.20. The molecule has 0 saturated carbocycles. The number of thiophene rings is 1. The summed E-state index contributed by atoms with van der Waals surface area (Å²) in [4.78, 5) is 11.1. The standard InChI is InChI=1S/C14H17F3N2OS2/c1-8-9(2)22-13-11(8)12(18-10(3)19-13)21-6-4-5-20-7-14(15,16)17/h4-7H2,1-3H3. The van der Waals surface area contributed by atoms with Crippen LogP contribution in [0.2, 0.25) is 0 Å². The zero-order valence-corrected chi connectivity index (χ0v) is 14.2. The molecule has 0 aliphatic carbocycles. The lowest BCUT2D eigenvalue weighted by atomic mass is 10.2. The Morgan fingerprint density at radius 3 is 2.59 bits per heavy atom. The van der Waals surface area contributed by atoms with Gasteiger partial charge in [-0.25, -0.2) is 9.97 Å². The van der Waals surface area contributed by atoms with E-state index in [4.69, 9.17) is 0 Å². The van der Waals surface area contributed by atoms with Gasteiger partial charge in [-0.05, 0) is 32.8 Å². The Balaban J connectivity index is 1.94. The molecular weight excluding hydrogens is 333 g/mol. The fourth-order valence-electron chi connectivity index (χ4n) is 1.94. The van der Waals surface area contributed by atoms with Gasteiger partial charge >= 0.3 is 6.18 Å². The number of halogens is 3. The summed E-state index contributed by atoms with van der Waals surface area (Å²) in [5.74, 6) is 1.38. The summed E-state index contributed by atoms with van der Waals surface area (Å²) in [5, 5.41) is 1.97. The Morgan fingerprint density at radius 2 is 1.91 bits per heavy atom. The fraction of sp³-hybridized carbons (Fsp3) is 0.571. The predicted molar refractivity (Wildman–Crippen MR) is 83.8 cm³/mol. The van der Waals surface area contributed by atoms with E-state index in [-0.39, 0.29) is 6.61 Å². The maximum absolute atomic E-state index is 11.9. The summed E-state index contributed by atoms with van der Waals surface area (Å²) in [6, 6.07) is 0. The second kappa shape index (κ2) is 7.14. The maximum Gasteiger partial charge on any atom is 0.411 e. The van der Waals surface area contributed by atoms with Crippen LogP contribution >= 0.6 is 23.1 Å². The largest absolute Gasteiger partial charge is 0.411 e. The maximum atomic E-state index is 11.9. The van der Waals surface area contributed by atoms with Gasteiger partial charge in [0.15, 0.2) is 0 Å². The second-order valence-electron chi connectivity index (χ2n) is 4.91. The summed E-state index contributed by atoms with van der Waals surface area (Å²) in [5.41, 5.74) is 1.18. The van der Waals surface area contributed by atoms with E-state index in [0.29, 0.717) is 18.0 Å². The van der Waals surface area contributed by atoms with Crippen molar-refractivity contribution in [1.29, 1.82) is 0 Å². The molecule has 0 bridgehead atoms. The molecule has 2 heterocycles. The highest BCUT2D eigenvalue weighted by atomic mass is 32.2. The first kappa shape index (κ1) is 17.5.